The van der Waals surface area contributed by atoms with Crippen LogP contribution in [-0.2, 0) is 0 Å². The van der Waals surface area contributed by atoms with Gasteiger partial charge in [-0.3, -0.25) is 4.57 Å². The zero-order chi connectivity index (χ0) is 18.5. The van der Waals surface area contributed by atoms with Gasteiger partial charge in [0.1, 0.15) is 5.65 Å². The van der Waals surface area contributed by atoms with Crippen molar-refractivity contribution in [3.63, 3.8) is 0 Å². The predicted octanol–water partition coefficient (Wildman–Crippen LogP) is 7.06. The van der Waals surface area contributed by atoms with E-state index in [1.165, 1.54) is 36.8 Å². The third-order valence-electron chi connectivity index (χ3n) is 5.25. The van der Waals surface area contributed by atoms with E-state index >= 15 is 0 Å². The molecule has 3 aromatic carbocycles. The first-order chi connectivity index (χ1) is 13.9. The summed E-state index contributed by atoms with van der Waals surface area (Å²) in [6, 6.07) is 32.3. The van der Waals surface area contributed by atoms with Gasteiger partial charge in [0.15, 0.2) is 0 Å². The molecule has 6 aromatic rings. The molecule has 3 heteroatoms. The van der Waals surface area contributed by atoms with E-state index in [-0.39, 0.29) is 0 Å². The number of hydrogen-bond donors (Lipinski definition) is 0. The fourth-order valence-corrected chi connectivity index (χ4v) is 5.04. The van der Waals surface area contributed by atoms with E-state index in [2.05, 4.69) is 89.5 Å². The Labute approximate surface area is 166 Å². The SMILES string of the molecule is c1cc(-c2cc3ccccc3s2)cc(-n2c3ccccc3c3cccnc32)c1. The molecule has 0 aliphatic rings. The number of rotatable bonds is 2. The maximum atomic E-state index is 4.70. The van der Waals surface area contributed by atoms with Crippen LogP contribution in [0.25, 0.3) is 48.2 Å². The molecule has 0 spiro atoms. The molecule has 0 fully saturated rings. The van der Waals surface area contributed by atoms with Gasteiger partial charge in [-0.05, 0) is 53.4 Å². The smallest absolute Gasteiger partial charge is 0.145 e. The number of fused-ring (bicyclic) bond motifs is 4. The summed E-state index contributed by atoms with van der Waals surface area (Å²) in [4.78, 5) is 5.99. The van der Waals surface area contributed by atoms with Crippen molar-refractivity contribution >= 4 is 43.4 Å². The second-order valence-corrected chi connectivity index (χ2v) is 8.01. The Balaban J connectivity index is 1.61. The molecule has 0 unspecified atom stereocenters. The number of aromatic nitrogens is 2. The first-order valence-corrected chi connectivity index (χ1v) is 10.1. The molecular weight excluding hydrogens is 360 g/mol. The van der Waals surface area contributed by atoms with E-state index in [0.29, 0.717) is 0 Å². The number of para-hydroxylation sites is 1. The lowest BCUT2D eigenvalue weighted by atomic mass is 10.1. The van der Waals surface area contributed by atoms with E-state index < -0.39 is 0 Å². The first-order valence-electron chi connectivity index (χ1n) is 9.32. The minimum Gasteiger partial charge on any atom is -0.294 e. The van der Waals surface area contributed by atoms with Gasteiger partial charge in [-0.15, -0.1) is 11.3 Å². The summed E-state index contributed by atoms with van der Waals surface area (Å²) in [6.45, 7) is 0. The second kappa shape index (κ2) is 6.04. The maximum Gasteiger partial charge on any atom is 0.145 e. The Morgan fingerprint density at radius 3 is 2.54 bits per heavy atom. The van der Waals surface area contributed by atoms with Gasteiger partial charge in [-0.25, -0.2) is 4.98 Å². The highest BCUT2D eigenvalue weighted by molar-refractivity contribution is 7.22. The molecule has 0 amide bonds. The summed E-state index contributed by atoms with van der Waals surface area (Å²) in [5.41, 5.74) is 4.56. The van der Waals surface area contributed by atoms with Crippen molar-refractivity contribution in [1.29, 1.82) is 0 Å². The van der Waals surface area contributed by atoms with Gasteiger partial charge >= 0.3 is 0 Å². The Morgan fingerprint density at radius 2 is 1.57 bits per heavy atom. The normalized spacial score (nSPS) is 11.6. The van der Waals surface area contributed by atoms with E-state index in [9.17, 15) is 0 Å². The Kier molecular flexibility index (Phi) is 3.37. The van der Waals surface area contributed by atoms with Gasteiger partial charge in [0.25, 0.3) is 0 Å². The van der Waals surface area contributed by atoms with Gasteiger partial charge in [0, 0.05) is 32.2 Å². The highest BCUT2D eigenvalue weighted by Crippen LogP contribution is 2.36. The van der Waals surface area contributed by atoms with Gasteiger partial charge in [-0.2, -0.15) is 0 Å². The highest BCUT2D eigenvalue weighted by Gasteiger charge is 2.13. The molecule has 0 aliphatic heterocycles. The standard InChI is InChI=1S/C25H16N2S/c1-4-13-23-18(7-1)16-24(28-23)17-8-5-9-19(15-17)27-22-12-3-2-10-20(22)21-11-6-14-26-25(21)27/h1-16H. The highest BCUT2D eigenvalue weighted by atomic mass is 32.1. The van der Waals surface area contributed by atoms with Crippen LogP contribution >= 0.6 is 11.3 Å². The Morgan fingerprint density at radius 1 is 0.714 bits per heavy atom. The zero-order valence-electron chi connectivity index (χ0n) is 15.0. The fourth-order valence-electron chi connectivity index (χ4n) is 3.98. The number of hydrogen-bond acceptors (Lipinski definition) is 2. The van der Waals surface area contributed by atoms with Gasteiger partial charge in [0.2, 0.25) is 0 Å². The van der Waals surface area contributed by atoms with Crippen molar-refractivity contribution in [2.45, 2.75) is 0 Å². The van der Waals surface area contributed by atoms with Crippen LogP contribution in [0.2, 0.25) is 0 Å². The van der Waals surface area contributed by atoms with Crippen LogP contribution in [0.4, 0.5) is 0 Å². The zero-order valence-corrected chi connectivity index (χ0v) is 15.9. The number of benzene rings is 3. The summed E-state index contributed by atoms with van der Waals surface area (Å²) in [6.07, 6.45) is 1.87. The minimum absolute atomic E-state index is 0.997. The Bertz CT molecular complexity index is 1390. The summed E-state index contributed by atoms with van der Waals surface area (Å²) in [5, 5.41) is 3.72. The number of pyridine rings is 1. The van der Waals surface area contributed by atoms with Crippen LogP contribution < -0.4 is 0 Å². The molecule has 0 saturated carbocycles. The number of nitrogens with zero attached hydrogens (tertiary/aromatic N) is 2. The van der Waals surface area contributed by atoms with Crippen molar-refractivity contribution in [3.8, 4) is 16.1 Å². The molecule has 132 valence electrons. The number of thiophene rings is 1. The Hall–Kier alpha value is -3.43. The van der Waals surface area contributed by atoms with Crippen LogP contribution in [0, 0.1) is 0 Å². The molecule has 0 N–H and O–H groups in total. The molecule has 28 heavy (non-hydrogen) atoms. The molecule has 3 heterocycles. The average molecular weight is 376 g/mol. The topological polar surface area (TPSA) is 17.8 Å². The van der Waals surface area contributed by atoms with E-state index in [1.54, 1.807) is 0 Å². The van der Waals surface area contributed by atoms with Crippen LogP contribution in [-0.4, -0.2) is 9.55 Å². The average Bonchev–Trinajstić information content (AvgIpc) is 3.33. The third kappa shape index (κ3) is 2.30. The maximum absolute atomic E-state index is 4.70. The van der Waals surface area contributed by atoms with Crippen molar-refractivity contribution < 1.29 is 0 Å². The van der Waals surface area contributed by atoms with Crippen LogP contribution in [0.15, 0.2) is 97.2 Å². The van der Waals surface area contributed by atoms with Gasteiger partial charge in [0.05, 0.1) is 5.52 Å². The largest absolute Gasteiger partial charge is 0.294 e. The second-order valence-electron chi connectivity index (χ2n) is 6.93. The molecule has 0 atom stereocenters. The third-order valence-corrected chi connectivity index (χ3v) is 6.41. The predicted molar refractivity (Wildman–Crippen MR) is 119 cm³/mol. The molecule has 3 aromatic heterocycles. The van der Waals surface area contributed by atoms with Crippen LogP contribution in [0.3, 0.4) is 0 Å². The van der Waals surface area contributed by atoms with E-state index in [1.807, 2.05) is 23.6 Å². The van der Waals surface area contributed by atoms with Gasteiger partial charge < -0.3 is 0 Å². The summed E-state index contributed by atoms with van der Waals surface area (Å²) >= 11 is 1.84. The lowest BCUT2D eigenvalue weighted by Crippen LogP contribution is -1.95. The molecule has 2 nitrogen and oxygen atoms in total. The monoisotopic (exact) mass is 376 g/mol. The quantitative estimate of drug-likeness (QED) is 0.316. The minimum atomic E-state index is 0.997. The summed E-state index contributed by atoms with van der Waals surface area (Å²) < 4.78 is 3.59. The fraction of sp³-hybridized carbons (Fsp3) is 0. The van der Waals surface area contributed by atoms with Crippen molar-refractivity contribution in [2.75, 3.05) is 0 Å². The lowest BCUT2D eigenvalue weighted by Gasteiger charge is -2.08. The first kappa shape index (κ1) is 15.6. The van der Waals surface area contributed by atoms with E-state index in [0.717, 1.165) is 11.3 Å². The molecular formula is C25H16N2S. The molecule has 0 radical (unpaired) electrons. The summed E-state index contributed by atoms with van der Waals surface area (Å²) in [7, 11) is 0. The van der Waals surface area contributed by atoms with Crippen molar-refractivity contribution in [1.82, 2.24) is 9.55 Å². The molecule has 6 rings (SSSR count). The lowest BCUT2D eigenvalue weighted by molar-refractivity contribution is 1.14. The van der Waals surface area contributed by atoms with Gasteiger partial charge in [-0.1, -0.05) is 48.5 Å². The van der Waals surface area contributed by atoms with Crippen molar-refractivity contribution in [2.24, 2.45) is 0 Å². The van der Waals surface area contributed by atoms with Crippen LogP contribution in [0.5, 0.6) is 0 Å². The molecule has 0 bridgehead atoms. The molecule has 0 saturated heterocycles. The van der Waals surface area contributed by atoms with Crippen LogP contribution in [0.1, 0.15) is 0 Å². The summed E-state index contributed by atoms with van der Waals surface area (Å²) in [5.74, 6) is 0. The van der Waals surface area contributed by atoms with E-state index in [4.69, 9.17) is 4.98 Å². The van der Waals surface area contributed by atoms with Crippen molar-refractivity contribution in [3.05, 3.63) is 97.2 Å². The molecule has 0 aliphatic carbocycles.